The third kappa shape index (κ3) is 4.38. The Morgan fingerprint density at radius 1 is 1.53 bits per heavy atom. The van der Waals surface area contributed by atoms with E-state index < -0.39 is 23.9 Å². The number of phenols is 1. The van der Waals surface area contributed by atoms with Crippen LogP contribution in [0, 0.1) is 0 Å². The summed E-state index contributed by atoms with van der Waals surface area (Å²) in [6.45, 7) is 1.58. The summed E-state index contributed by atoms with van der Waals surface area (Å²) >= 11 is 11.4. The minimum atomic E-state index is -2.11. The van der Waals surface area contributed by atoms with Crippen molar-refractivity contribution in [2.75, 3.05) is 6.61 Å². The van der Waals surface area contributed by atoms with Crippen LogP contribution in [0.3, 0.4) is 0 Å². The Balaban J connectivity index is 0.00000324. The first-order valence-corrected chi connectivity index (χ1v) is 5.88. The molecule has 3 N–H and O–H groups in total. The van der Waals surface area contributed by atoms with E-state index in [1.807, 2.05) is 0 Å². The molecule has 0 spiro atoms. The third-order valence-corrected chi connectivity index (χ3v) is 2.75. The second kappa shape index (κ2) is 7.75. The van der Waals surface area contributed by atoms with Gasteiger partial charge in [-0.3, -0.25) is 0 Å². The molecule has 0 aliphatic rings. The van der Waals surface area contributed by atoms with Crippen LogP contribution in [0.15, 0.2) is 12.1 Å². The molecule has 1 aromatic carbocycles. The molecule has 0 saturated carbocycles. The Hall–Kier alpha value is -0.750. The van der Waals surface area contributed by atoms with Gasteiger partial charge in [0.05, 0.1) is 17.7 Å². The average Bonchev–Trinajstić information content (AvgIpc) is 2.32. The Morgan fingerprint density at radius 2 is 2.11 bits per heavy atom. The summed E-state index contributed by atoms with van der Waals surface area (Å²) in [5, 5.41) is 9.78. The molecule has 2 atom stereocenters. The number of ether oxygens (including phenoxy) is 1. The van der Waals surface area contributed by atoms with Gasteiger partial charge in [0.15, 0.2) is 0 Å². The molecule has 1 aromatic rings. The first kappa shape index (κ1) is 18.2. The molecule has 108 valence electrons. The van der Waals surface area contributed by atoms with E-state index in [-0.39, 0.29) is 34.6 Å². The van der Waals surface area contributed by atoms with Gasteiger partial charge in [0, 0.05) is 10.6 Å². The zero-order valence-corrected chi connectivity index (χ0v) is 12.2. The maximum Gasteiger partial charge on any atom is 0.342 e. The summed E-state index contributed by atoms with van der Waals surface area (Å²) in [6, 6.07) is 1.13. The predicted molar refractivity (Wildman–Crippen MR) is 73.8 cm³/mol. The summed E-state index contributed by atoms with van der Waals surface area (Å²) in [5.74, 6) is -1.50. The Bertz CT molecular complexity index is 459. The maximum absolute atomic E-state index is 13.7. The van der Waals surface area contributed by atoms with Crippen molar-refractivity contribution in [3.63, 3.8) is 0 Å². The summed E-state index contributed by atoms with van der Waals surface area (Å²) in [5.41, 5.74) is 5.51. The molecule has 4 nitrogen and oxygen atoms in total. The van der Waals surface area contributed by atoms with E-state index in [1.165, 1.54) is 12.1 Å². The number of nitrogens with two attached hydrogens (primary N) is 1. The number of phenolic OH excluding ortho intramolecular Hbond substituents is 1. The SMILES string of the molecule is CCOC(=O)C(F)[C@@H](N)c1cc(Cl)cc(Cl)c1O.Cl. The normalized spacial score (nSPS) is 13.3. The Labute approximate surface area is 126 Å². The molecule has 1 unspecified atom stereocenters. The number of alkyl halides is 1. The molecular formula is C11H13Cl3FNO3. The number of hydrogen-bond acceptors (Lipinski definition) is 4. The van der Waals surface area contributed by atoms with E-state index in [0.29, 0.717) is 0 Å². The lowest BCUT2D eigenvalue weighted by atomic mass is 10.0. The average molecular weight is 333 g/mol. The van der Waals surface area contributed by atoms with Crippen LogP contribution in [-0.4, -0.2) is 23.9 Å². The van der Waals surface area contributed by atoms with Crippen LogP contribution in [0.2, 0.25) is 10.0 Å². The summed E-state index contributed by atoms with van der Waals surface area (Å²) in [4.78, 5) is 11.2. The number of carbonyl (C=O) groups is 1. The van der Waals surface area contributed by atoms with E-state index in [4.69, 9.17) is 28.9 Å². The number of aromatic hydroxyl groups is 1. The van der Waals surface area contributed by atoms with Crippen molar-refractivity contribution in [3.8, 4) is 5.75 Å². The highest BCUT2D eigenvalue weighted by Crippen LogP contribution is 2.35. The van der Waals surface area contributed by atoms with Crippen LogP contribution >= 0.6 is 35.6 Å². The molecular weight excluding hydrogens is 319 g/mol. The van der Waals surface area contributed by atoms with Crippen molar-refractivity contribution in [3.05, 3.63) is 27.7 Å². The van der Waals surface area contributed by atoms with Gasteiger partial charge in [-0.05, 0) is 19.1 Å². The lowest BCUT2D eigenvalue weighted by Crippen LogP contribution is -2.31. The number of rotatable bonds is 4. The topological polar surface area (TPSA) is 72.5 Å². The van der Waals surface area contributed by atoms with Gasteiger partial charge in [-0.25, -0.2) is 9.18 Å². The van der Waals surface area contributed by atoms with E-state index >= 15 is 0 Å². The lowest BCUT2D eigenvalue weighted by Gasteiger charge is -2.17. The zero-order valence-electron chi connectivity index (χ0n) is 9.90. The van der Waals surface area contributed by atoms with E-state index in [1.54, 1.807) is 6.92 Å². The molecule has 8 heteroatoms. The molecule has 0 saturated heterocycles. The largest absolute Gasteiger partial charge is 0.506 e. The molecule has 1 rings (SSSR count). The van der Waals surface area contributed by atoms with Crippen LogP contribution < -0.4 is 5.73 Å². The molecule has 0 radical (unpaired) electrons. The second-order valence-corrected chi connectivity index (χ2v) is 4.35. The molecule has 19 heavy (non-hydrogen) atoms. The van der Waals surface area contributed by atoms with Gasteiger partial charge < -0.3 is 15.6 Å². The van der Waals surface area contributed by atoms with Crippen LogP contribution in [0.25, 0.3) is 0 Å². The van der Waals surface area contributed by atoms with E-state index in [0.717, 1.165) is 0 Å². The molecule has 0 heterocycles. The first-order valence-electron chi connectivity index (χ1n) is 5.12. The molecule has 0 aliphatic carbocycles. The van der Waals surface area contributed by atoms with Crippen LogP contribution in [0.5, 0.6) is 5.75 Å². The second-order valence-electron chi connectivity index (χ2n) is 3.51. The number of esters is 1. The fourth-order valence-corrected chi connectivity index (χ4v) is 1.88. The van der Waals surface area contributed by atoms with Crippen molar-refractivity contribution < 1.29 is 19.0 Å². The fourth-order valence-electron chi connectivity index (χ4n) is 1.37. The van der Waals surface area contributed by atoms with Gasteiger partial charge in [-0.15, -0.1) is 12.4 Å². The standard InChI is InChI=1S/C11H12Cl2FNO3.ClH/c1-2-18-11(17)8(14)9(15)6-3-5(12)4-7(13)10(6)16;/h3-4,8-9,16H,2,15H2,1H3;1H/t8?,9-;/m0./s1. The van der Waals surface area contributed by atoms with E-state index in [2.05, 4.69) is 4.74 Å². The van der Waals surface area contributed by atoms with Gasteiger partial charge in [-0.1, -0.05) is 23.2 Å². The summed E-state index contributed by atoms with van der Waals surface area (Å²) in [6.07, 6.45) is -2.11. The summed E-state index contributed by atoms with van der Waals surface area (Å²) in [7, 11) is 0. The van der Waals surface area contributed by atoms with Crippen molar-refractivity contribution in [2.45, 2.75) is 19.1 Å². The van der Waals surface area contributed by atoms with Crippen molar-refractivity contribution in [2.24, 2.45) is 5.73 Å². The molecule has 0 aromatic heterocycles. The highest BCUT2D eigenvalue weighted by Gasteiger charge is 2.30. The quantitative estimate of drug-likeness (QED) is 0.831. The third-order valence-electron chi connectivity index (χ3n) is 2.24. The molecule has 0 amide bonds. The van der Waals surface area contributed by atoms with Gasteiger partial charge in [0.25, 0.3) is 0 Å². The summed E-state index contributed by atoms with van der Waals surface area (Å²) < 4.78 is 18.2. The zero-order chi connectivity index (χ0) is 13.9. The minimum Gasteiger partial charge on any atom is -0.506 e. The van der Waals surface area contributed by atoms with Crippen molar-refractivity contribution in [1.29, 1.82) is 0 Å². The monoisotopic (exact) mass is 331 g/mol. The first-order chi connectivity index (χ1) is 8.38. The van der Waals surface area contributed by atoms with Gasteiger partial charge in [0.2, 0.25) is 6.17 Å². The van der Waals surface area contributed by atoms with E-state index in [9.17, 15) is 14.3 Å². The molecule has 0 fully saturated rings. The van der Waals surface area contributed by atoms with Crippen molar-refractivity contribution >= 4 is 41.6 Å². The van der Waals surface area contributed by atoms with Gasteiger partial charge in [0.1, 0.15) is 5.75 Å². The highest BCUT2D eigenvalue weighted by atomic mass is 35.5. The van der Waals surface area contributed by atoms with Crippen LogP contribution in [-0.2, 0) is 9.53 Å². The smallest absolute Gasteiger partial charge is 0.342 e. The van der Waals surface area contributed by atoms with Crippen molar-refractivity contribution in [1.82, 2.24) is 0 Å². The molecule has 0 aliphatic heterocycles. The number of hydrogen-bond donors (Lipinski definition) is 2. The predicted octanol–water partition coefficient (Wildman–Crippen LogP) is 3.02. The highest BCUT2D eigenvalue weighted by molar-refractivity contribution is 6.35. The van der Waals surface area contributed by atoms with Crippen LogP contribution in [0.4, 0.5) is 4.39 Å². The maximum atomic E-state index is 13.7. The molecule has 0 bridgehead atoms. The Morgan fingerprint density at radius 3 is 2.63 bits per heavy atom. The number of benzene rings is 1. The lowest BCUT2D eigenvalue weighted by molar-refractivity contribution is -0.149. The fraction of sp³-hybridized carbons (Fsp3) is 0.364. The minimum absolute atomic E-state index is 0. The number of halogens is 4. The number of carbonyl (C=O) groups excluding carboxylic acids is 1. The van der Waals surface area contributed by atoms with Gasteiger partial charge in [-0.2, -0.15) is 0 Å². The Kier molecular flexibility index (Phi) is 7.44. The van der Waals surface area contributed by atoms with Gasteiger partial charge >= 0.3 is 5.97 Å². The van der Waals surface area contributed by atoms with Crippen LogP contribution in [0.1, 0.15) is 18.5 Å².